The Morgan fingerprint density at radius 1 is 1.24 bits per heavy atom. The Morgan fingerprint density at radius 3 is 2.48 bits per heavy atom. The Bertz CT molecular complexity index is 686. The Labute approximate surface area is 119 Å². The van der Waals surface area contributed by atoms with Crippen LogP contribution in [0, 0.1) is 15.9 Å². The third-order valence-corrected chi connectivity index (χ3v) is 2.87. The fourth-order valence-corrected chi connectivity index (χ4v) is 1.79. The number of nitrogens with two attached hydrogens (primary N) is 1. The average molecular weight is 289 g/mol. The molecule has 108 valence electrons. The molecule has 7 heteroatoms. The first kappa shape index (κ1) is 14.4. The predicted octanol–water partition coefficient (Wildman–Crippen LogP) is 2.44. The molecule has 21 heavy (non-hydrogen) atoms. The molecule has 1 amide bonds. The van der Waals surface area contributed by atoms with Crippen molar-refractivity contribution in [3.05, 3.63) is 69.5 Å². The normalized spacial score (nSPS) is 10.1. The van der Waals surface area contributed by atoms with E-state index in [1.165, 1.54) is 30.3 Å². The third-order valence-electron chi connectivity index (χ3n) is 2.87. The van der Waals surface area contributed by atoms with Gasteiger partial charge in [-0.1, -0.05) is 12.1 Å². The molecule has 0 atom stereocenters. The highest BCUT2D eigenvalue weighted by Gasteiger charge is 2.15. The van der Waals surface area contributed by atoms with Crippen molar-refractivity contribution < 1.29 is 14.1 Å². The fraction of sp³-hybridized carbons (Fsp3) is 0.0714. The van der Waals surface area contributed by atoms with Crippen LogP contribution in [0.2, 0.25) is 0 Å². The average Bonchev–Trinajstić information content (AvgIpc) is 2.46. The minimum Gasteiger partial charge on any atom is -0.375 e. The molecule has 0 saturated heterocycles. The maximum Gasteiger partial charge on any atom is 0.292 e. The summed E-state index contributed by atoms with van der Waals surface area (Å²) in [4.78, 5) is 21.5. The van der Waals surface area contributed by atoms with E-state index in [0.29, 0.717) is 0 Å². The van der Waals surface area contributed by atoms with E-state index < -0.39 is 10.8 Å². The second-order valence-corrected chi connectivity index (χ2v) is 4.33. The molecule has 0 radical (unpaired) electrons. The number of primary amides is 1. The van der Waals surface area contributed by atoms with Gasteiger partial charge < -0.3 is 11.1 Å². The number of nitro groups is 1. The number of benzene rings is 2. The number of amides is 1. The zero-order valence-electron chi connectivity index (χ0n) is 10.9. The Hall–Kier alpha value is -2.96. The molecule has 2 aromatic rings. The minimum atomic E-state index is -0.672. The first-order valence-corrected chi connectivity index (χ1v) is 6.04. The molecule has 0 fully saturated rings. The summed E-state index contributed by atoms with van der Waals surface area (Å²) in [5.74, 6) is -1.03. The number of halogens is 1. The summed E-state index contributed by atoms with van der Waals surface area (Å²) >= 11 is 0. The van der Waals surface area contributed by atoms with Crippen molar-refractivity contribution in [2.75, 3.05) is 5.32 Å². The molecular weight excluding hydrogens is 277 g/mol. The van der Waals surface area contributed by atoms with Crippen LogP contribution in [0.5, 0.6) is 0 Å². The number of anilines is 1. The van der Waals surface area contributed by atoms with Gasteiger partial charge in [-0.15, -0.1) is 0 Å². The van der Waals surface area contributed by atoms with Crippen LogP contribution in [0.15, 0.2) is 42.5 Å². The molecule has 0 aromatic heterocycles. The molecule has 0 spiro atoms. The van der Waals surface area contributed by atoms with Gasteiger partial charge in [0.05, 0.1) is 4.92 Å². The zero-order chi connectivity index (χ0) is 15.4. The predicted molar refractivity (Wildman–Crippen MR) is 75.3 cm³/mol. The number of rotatable bonds is 5. The summed E-state index contributed by atoms with van der Waals surface area (Å²) in [5.41, 5.74) is 6.09. The van der Waals surface area contributed by atoms with Crippen LogP contribution in [0.4, 0.5) is 15.8 Å². The van der Waals surface area contributed by atoms with E-state index in [4.69, 9.17) is 5.73 Å². The lowest BCUT2D eigenvalue weighted by atomic mass is 10.1. The lowest BCUT2D eigenvalue weighted by Crippen LogP contribution is -2.12. The Kier molecular flexibility index (Phi) is 4.13. The number of hydrogen-bond donors (Lipinski definition) is 2. The van der Waals surface area contributed by atoms with Crippen molar-refractivity contribution in [2.24, 2.45) is 5.73 Å². The van der Waals surface area contributed by atoms with Crippen LogP contribution in [-0.4, -0.2) is 10.8 Å². The first-order chi connectivity index (χ1) is 9.97. The molecule has 0 aliphatic rings. The fourth-order valence-electron chi connectivity index (χ4n) is 1.79. The topological polar surface area (TPSA) is 98.3 Å². The molecule has 2 aromatic carbocycles. The molecule has 0 saturated carbocycles. The van der Waals surface area contributed by atoms with Gasteiger partial charge in [0.25, 0.3) is 5.69 Å². The van der Waals surface area contributed by atoms with E-state index in [-0.39, 0.29) is 29.3 Å². The van der Waals surface area contributed by atoms with E-state index in [2.05, 4.69) is 5.32 Å². The van der Waals surface area contributed by atoms with Crippen molar-refractivity contribution in [2.45, 2.75) is 6.54 Å². The van der Waals surface area contributed by atoms with E-state index >= 15 is 0 Å². The van der Waals surface area contributed by atoms with Crippen LogP contribution >= 0.6 is 0 Å². The number of carbonyl (C=O) groups is 1. The number of nitro benzene ring substituents is 1. The second kappa shape index (κ2) is 6.00. The van der Waals surface area contributed by atoms with Crippen LogP contribution in [0.3, 0.4) is 0 Å². The van der Waals surface area contributed by atoms with Crippen molar-refractivity contribution in [3.8, 4) is 0 Å². The van der Waals surface area contributed by atoms with E-state index in [1.807, 2.05) is 0 Å². The number of hydrogen-bond acceptors (Lipinski definition) is 4. The molecule has 0 heterocycles. The van der Waals surface area contributed by atoms with Gasteiger partial charge in [0, 0.05) is 18.2 Å². The van der Waals surface area contributed by atoms with E-state index in [0.717, 1.165) is 5.56 Å². The third kappa shape index (κ3) is 3.53. The van der Waals surface area contributed by atoms with Gasteiger partial charge in [-0.05, 0) is 29.8 Å². The number of carbonyl (C=O) groups excluding carboxylic acids is 1. The largest absolute Gasteiger partial charge is 0.375 e. The van der Waals surface area contributed by atoms with Gasteiger partial charge in [-0.3, -0.25) is 14.9 Å². The first-order valence-electron chi connectivity index (χ1n) is 6.04. The summed E-state index contributed by atoms with van der Waals surface area (Å²) in [7, 11) is 0. The maximum absolute atomic E-state index is 12.8. The number of nitrogens with one attached hydrogen (secondary N) is 1. The SMILES string of the molecule is NC(=O)c1ccc([N+](=O)[O-])c(NCc2ccc(F)cc2)c1. The standard InChI is InChI=1S/C14H12FN3O3/c15-11-4-1-9(2-5-11)8-17-12-7-10(14(16)19)3-6-13(12)18(20)21/h1-7,17H,8H2,(H2,16,19). The Morgan fingerprint density at radius 2 is 1.90 bits per heavy atom. The summed E-state index contributed by atoms with van der Waals surface area (Å²) < 4.78 is 12.8. The molecule has 0 aliphatic carbocycles. The lowest BCUT2D eigenvalue weighted by molar-refractivity contribution is -0.384. The number of nitrogens with zero attached hydrogens (tertiary/aromatic N) is 1. The molecule has 3 N–H and O–H groups in total. The van der Waals surface area contributed by atoms with E-state index in [1.54, 1.807) is 12.1 Å². The molecule has 0 aliphatic heterocycles. The summed E-state index contributed by atoms with van der Waals surface area (Å²) in [6.07, 6.45) is 0. The highest BCUT2D eigenvalue weighted by atomic mass is 19.1. The second-order valence-electron chi connectivity index (χ2n) is 4.33. The monoisotopic (exact) mass is 289 g/mol. The van der Waals surface area contributed by atoms with Crippen molar-refractivity contribution in [1.82, 2.24) is 0 Å². The van der Waals surface area contributed by atoms with Crippen LogP contribution < -0.4 is 11.1 Å². The molecule has 6 nitrogen and oxygen atoms in total. The van der Waals surface area contributed by atoms with Gasteiger partial charge in [-0.25, -0.2) is 4.39 Å². The van der Waals surface area contributed by atoms with Gasteiger partial charge in [0.15, 0.2) is 0 Å². The van der Waals surface area contributed by atoms with Crippen molar-refractivity contribution in [3.63, 3.8) is 0 Å². The molecule has 0 unspecified atom stereocenters. The molecule has 2 rings (SSSR count). The van der Waals surface area contributed by atoms with Crippen LogP contribution in [0.1, 0.15) is 15.9 Å². The smallest absolute Gasteiger partial charge is 0.292 e. The van der Waals surface area contributed by atoms with Gasteiger partial charge in [-0.2, -0.15) is 0 Å². The molecule has 0 bridgehead atoms. The highest BCUT2D eigenvalue weighted by Crippen LogP contribution is 2.26. The van der Waals surface area contributed by atoms with E-state index in [9.17, 15) is 19.3 Å². The molecular formula is C14H12FN3O3. The summed E-state index contributed by atoms with van der Waals surface area (Å²) in [6, 6.07) is 9.55. The van der Waals surface area contributed by atoms with Gasteiger partial charge in [0.2, 0.25) is 5.91 Å². The summed E-state index contributed by atoms with van der Waals surface area (Å²) in [5, 5.41) is 13.8. The van der Waals surface area contributed by atoms with Crippen LogP contribution in [0.25, 0.3) is 0 Å². The minimum absolute atomic E-state index is 0.165. The van der Waals surface area contributed by atoms with Gasteiger partial charge >= 0.3 is 0 Å². The lowest BCUT2D eigenvalue weighted by Gasteiger charge is -2.08. The highest BCUT2D eigenvalue weighted by molar-refractivity contribution is 5.94. The maximum atomic E-state index is 12.8. The zero-order valence-corrected chi connectivity index (χ0v) is 10.9. The van der Waals surface area contributed by atoms with Crippen LogP contribution in [-0.2, 0) is 6.54 Å². The Balaban J connectivity index is 2.24. The van der Waals surface area contributed by atoms with Crippen molar-refractivity contribution in [1.29, 1.82) is 0 Å². The van der Waals surface area contributed by atoms with Gasteiger partial charge in [0.1, 0.15) is 11.5 Å². The summed E-state index contributed by atoms with van der Waals surface area (Å²) in [6.45, 7) is 0.253. The van der Waals surface area contributed by atoms with Crippen molar-refractivity contribution >= 4 is 17.3 Å². The quantitative estimate of drug-likeness (QED) is 0.652.